The minimum atomic E-state index is -0.0965. The second-order valence-corrected chi connectivity index (χ2v) is 5.64. The van der Waals surface area contributed by atoms with E-state index in [0.29, 0.717) is 17.9 Å². The Labute approximate surface area is 139 Å². The molecule has 0 saturated carbocycles. The maximum Gasteiger partial charge on any atom is 0.251 e. The van der Waals surface area contributed by atoms with Crippen molar-refractivity contribution in [1.29, 1.82) is 0 Å². The smallest absolute Gasteiger partial charge is 0.251 e. The summed E-state index contributed by atoms with van der Waals surface area (Å²) in [5, 5.41) is 3.09. The van der Waals surface area contributed by atoms with E-state index < -0.39 is 0 Å². The van der Waals surface area contributed by atoms with Crippen LogP contribution in [0.1, 0.15) is 28.4 Å². The molecule has 1 aliphatic rings. The molecule has 1 atom stereocenters. The molecule has 2 heterocycles. The highest BCUT2D eigenvalue weighted by molar-refractivity contribution is 5.95. The first-order valence-electron chi connectivity index (χ1n) is 7.83. The molecule has 0 fully saturated rings. The molecule has 0 saturated heterocycles. The van der Waals surface area contributed by atoms with Crippen LogP contribution in [0.2, 0.25) is 0 Å². The van der Waals surface area contributed by atoms with Crippen LogP contribution in [0.25, 0.3) is 11.3 Å². The van der Waals surface area contributed by atoms with Crippen molar-refractivity contribution < 1.29 is 13.9 Å². The zero-order valence-electron chi connectivity index (χ0n) is 12.9. The summed E-state index contributed by atoms with van der Waals surface area (Å²) in [7, 11) is 0. The number of hydrogen-bond donors (Lipinski definition) is 1. The van der Waals surface area contributed by atoms with Crippen molar-refractivity contribution in [3.63, 3.8) is 0 Å². The lowest BCUT2D eigenvalue weighted by atomic mass is 10.00. The second kappa shape index (κ2) is 6.20. The molecule has 2 aromatic carbocycles. The average molecular weight is 320 g/mol. The molecule has 4 rings (SSSR count). The number of fused-ring (bicyclic) bond motifs is 1. The molecule has 24 heavy (non-hydrogen) atoms. The summed E-state index contributed by atoms with van der Waals surface area (Å²) in [5.41, 5.74) is 2.53. The van der Waals surface area contributed by atoms with Crippen LogP contribution in [0.5, 0.6) is 5.75 Å². The van der Waals surface area contributed by atoms with Gasteiger partial charge in [0.25, 0.3) is 5.91 Å². The molecule has 1 aliphatic heterocycles. The van der Waals surface area contributed by atoms with Gasteiger partial charge >= 0.3 is 0 Å². The van der Waals surface area contributed by atoms with Gasteiger partial charge in [-0.15, -0.1) is 0 Å². The number of hydrogen-bond acceptors (Lipinski definition) is 4. The number of ether oxygens (including phenoxy) is 1. The Hall–Kier alpha value is -3.08. The van der Waals surface area contributed by atoms with Crippen molar-refractivity contribution in [2.45, 2.75) is 12.5 Å². The molecular formula is C19H16N2O3. The van der Waals surface area contributed by atoms with Crippen LogP contribution in [-0.2, 0) is 0 Å². The van der Waals surface area contributed by atoms with Crippen LogP contribution in [0.15, 0.2) is 65.5 Å². The summed E-state index contributed by atoms with van der Waals surface area (Å²) in [5.74, 6) is 1.43. The Morgan fingerprint density at radius 2 is 1.96 bits per heavy atom. The lowest BCUT2D eigenvalue weighted by molar-refractivity contribution is 0.0925. The first-order chi connectivity index (χ1) is 11.8. The Morgan fingerprint density at radius 3 is 2.75 bits per heavy atom. The highest BCUT2D eigenvalue weighted by atomic mass is 16.5. The molecule has 0 spiro atoms. The van der Waals surface area contributed by atoms with Crippen LogP contribution in [0, 0.1) is 0 Å². The number of oxazole rings is 1. The summed E-state index contributed by atoms with van der Waals surface area (Å²) in [6.45, 7) is 0.604. The van der Waals surface area contributed by atoms with Crippen molar-refractivity contribution in [3.05, 3.63) is 72.2 Å². The minimum Gasteiger partial charge on any atom is -0.493 e. The topological polar surface area (TPSA) is 64.4 Å². The van der Waals surface area contributed by atoms with Crippen molar-refractivity contribution in [3.8, 4) is 17.1 Å². The number of carbonyl (C=O) groups excluding carboxylic acids is 1. The summed E-state index contributed by atoms with van der Waals surface area (Å²) >= 11 is 0. The van der Waals surface area contributed by atoms with Crippen molar-refractivity contribution in [2.75, 3.05) is 6.61 Å². The molecular weight excluding hydrogens is 304 g/mol. The normalized spacial score (nSPS) is 16.1. The maximum absolute atomic E-state index is 12.5. The van der Waals surface area contributed by atoms with E-state index in [2.05, 4.69) is 10.3 Å². The van der Waals surface area contributed by atoms with E-state index in [0.717, 1.165) is 23.3 Å². The second-order valence-electron chi connectivity index (χ2n) is 5.64. The molecule has 0 aliphatic carbocycles. The van der Waals surface area contributed by atoms with E-state index in [4.69, 9.17) is 9.15 Å². The van der Waals surface area contributed by atoms with Crippen molar-refractivity contribution >= 4 is 5.91 Å². The Kier molecular flexibility index (Phi) is 3.75. The summed E-state index contributed by atoms with van der Waals surface area (Å²) in [4.78, 5) is 16.4. The highest BCUT2D eigenvalue weighted by Crippen LogP contribution is 2.31. The molecule has 5 nitrogen and oxygen atoms in total. The third-order valence-corrected chi connectivity index (χ3v) is 4.13. The largest absolute Gasteiger partial charge is 0.493 e. The number of para-hydroxylation sites is 1. The molecule has 0 radical (unpaired) electrons. The molecule has 0 unspecified atom stereocenters. The maximum atomic E-state index is 12.5. The molecule has 1 amide bonds. The van der Waals surface area contributed by atoms with Crippen LogP contribution >= 0.6 is 0 Å². The van der Waals surface area contributed by atoms with Crippen molar-refractivity contribution in [2.24, 2.45) is 0 Å². The Bertz CT molecular complexity index is 841. The van der Waals surface area contributed by atoms with E-state index in [1.807, 2.05) is 36.4 Å². The summed E-state index contributed by atoms with van der Waals surface area (Å²) in [6.07, 6.45) is 3.80. The monoisotopic (exact) mass is 320 g/mol. The van der Waals surface area contributed by atoms with Crippen LogP contribution in [0.3, 0.4) is 0 Å². The zero-order chi connectivity index (χ0) is 16.4. The fourth-order valence-corrected chi connectivity index (χ4v) is 2.88. The Balaban J connectivity index is 1.51. The highest BCUT2D eigenvalue weighted by Gasteiger charge is 2.23. The lowest BCUT2D eigenvalue weighted by Crippen LogP contribution is -2.32. The predicted octanol–water partition coefficient (Wildman–Crippen LogP) is 3.60. The first-order valence-corrected chi connectivity index (χ1v) is 7.83. The number of aromatic nitrogens is 1. The van der Waals surface area contributed by atoms with Crippen LogP contribution in [-0.4, -0.2) is 17.5 Å². The number of amides is 1. The van der Waals surface area contributed by atoms with Gasteiger partial charge in [0.05, 0.1) is 18.8 Å². The van der Waals surface area contributed by atoms with Gasteiger partial charge < -0.3 is 14.5 Å². The third-order valence-electron chi connectivity index (χ3n) is 4.13. The van der Waals surface area contributed by atoms with Crippen LogP contribution in [0.4, 0.5) is 0 Å². The number of nitrogens with one attached hydrogen (secondary N) is 1. The van der Waals surface area contributed by atoms with Gasteiger partial charge in [-0.05, 0) is 18.2 Å². The Morgan fingerprint density at radius 1 is 1.12 bits per heavy atom. The van der Waals surface area contributed by atoms with E-state index in [1.165, 1.54) is 6.39 Å². The number of rotatable bonds is 3. The summed E-state index contributed by atoms with van der Waals surface area (Å²) in [6, 6.07) is 15.1. The number of benzene rings is 2. The standard InChI is InChI=1S/C19H16N2O3/c22-19(14-7-5-13(6-8-14)18-11-20-12-24-18)21-16-9-10-23-17-4-2-1-3-15(16)17/h1-8,11-12,16H,9-10H2,(H,21,22)/t16-/m1/s1. The molecule has 1 aromatic heterocycles. The predicted molar refractivity (Wildman–Crippen MR) is 88.7 cm³/mol. The van der Waals surface area contributed by atoms with Gasteiger partial charge in [0.2, 0.25) is 0 Å². The fraction of sp³-hybridized carbons (Fsp3) is 0.158. The van der Waals surface area contributed by atoms with Crippen molar-refractivity contribution in [1.82, 2.24) is 10.3 Å². The van der Waals surface area contributed by atoms with Gasteiger partial charge in [0.1, 0.15) is 5.75 Å². The third kappa shape index (κ3) is 2.76. The average Bonchev–Trinajstić information content (AvgIpc) is 3.17. The van der Waals surface area contributed by atoms with E-state index in [1.54, 1.807) is 18.3 Å². The molecule has 5 heteroatoms. The molecule has 0 bridgehead atoms. The molecule has 1 N–H and O–H groups in total. The summed E-state index contributed by atoms with van der Waals surface area (Å²) < 4.78 is 10.9. The molecule has 120 valence electrons. The van der Waals surface area contributed by atoms with E-state index in [-0.39, 0.29) is 11.9 Å². The van der Waals surface area contributed by atoms with Gasteiger partial charge in [0.15, 0.2) is 12.2 Å². The van der Waals surface area contributed by atoms with Gasteiger partial charge in [-0.1, -0.05) is 30.3 Å². The van der Waals surface area contributed by atoms with E-state index in [9.17, 15) is 4.79 Å². The fourth-order valence-electron chi connectivity index (χ4n) is 2.88. The quantitative estimate of drug-likeness (QED) is 0.801. The van der Waals surface area contributed by atoms with Gasteiger partial charge in [-0.3, -0.25) is 4.79 Å². The number of nitrogens with zero attached hydrogens (tertiary/aromatic N) is 1. The number of carbonyl (C=O) groups is 1. The van der Waals surface area contributed by atoms with Gasteiger partial charge in [-0.2, -0.15) is 0 Å². The molecule has 3 aromatic rings. The SMILES string of the molecule is O=C(N[C@@H]1CCOc2ccccc21)c1ccc(-c2cnco2)cc1. The van der Waals surface area contributed by atoms with Gasteiger partial charge in [0, 0.05) is 23.1 Å². The van der Waals surface area contributed by atoms with Gasteiger partial charge in [-0.25, -0.2) is 4.98 Å². The van der Waals surface area contributed by atoms with Crippen LogP contribution < -0.4 is 10.1 Å². The zero-order valence-corrected chi connectivity index (χ0v) is 12.9. The van der Waals surface area contributed by atoms with E-state index >= 15 is 0 Å². The first kappa shape index (κ1) is 14.5. The minimum absolute atomic E-state index is 0.0311. The lowest BCUT2D eigenvalue weighted by Gasteiger charge is -2.26.